The fourth-order valence-corrected chi connectivity index (χ4v) is 4.30. The summed E-state index contributed by atoms with van der Waals surface area (Å²) in [6.07, 6.45) is 0.169. The van der Waals surface area contributed by atoms with E-state index in [-0.39, 0.29) is 42.3 Å². The molecule has 0 aliphatic heterocycles. The van der Waals surface area contributed by atoms with Crippen LogP contribution in [0.5, 0.6) is 0 Å². The zero-order valence-electron chi connectivity index (χ0n) is 16.1. The van der Waals surface area contributed by atoms with Crippen LogP contribution in [0.1, 0.15) is 35.5 Å². The molecule has 0 aliphatic rings. The van der Waals surface area contributed by atoms with Crippen molar-refractivity contribution in [2.75, 3.05) is 13.6 Å². The second-order valence-electron chi connectivity index (χ2n) is 6.52. The molecule has 1 aromatic carbocycles. The van der Waals surface area contributed by atoms with Gasteiger partial charge in [-0.2, -0.15) is 4.31 Å². The number of sulfonamides is 1. The van der Waals surface area contributed by atoms with Crippen LogP contribution in [0.4, 0.5) is 0 Å². The van der Waals surface area contributed by atoms with Crippen LogP contribution in [0, 0.1) is 0 Å². The SMILES string of the molecule is CC(C)N(C)S(=O)(=O)c1ccc(CNC(=O)CCNC(=O)c2cccs2)cc1. The van der Waals surface area contributed by atoms with Gasteiger partial charge in [0.15, 0.2) is 0 Å². The van der Waals surface area contributed by atoms with Gasteiger partial charge in [-0.3, -0.25) is 9.59 Å². The lowest BCUT2D eigenvalue weighted by Gasteiger charge is -2.21. The third-order valence-electron chi connectivity index (χ3n) is 4.20. The topological polar surface area (TPSA) is 95.6 Å². The standard InChI is InChI=1S/C19H25N3O4S2/c1-14(2)22(3)28(25,26)16-8-6-15(7-9-16)13-21-18(23)10-11-20-19(24)17-5-4-12-27-17/h4-9,12,14H,10-11,13H2,1-3H3,(H,20,24)(H,21,23). The van der Waals surface area contributed by atoms with E-state index in [4.69, 9.17) is 0 Å². The van der Waals surface area contributed by atoms with E-state index < -0.39 is 10.0 Å². The first-order chi connectivity index (χ1) is 13.2. The monoisotopic (exact) mass is 423 g/mol. The van der Waals surface area contributed by atoms with Crippen molar-refractivity contribution < 1.29 is 18.0 Å². The van der Waals surface area contributed by atoms with Gasteiger partial charge in [-0.1, -0.05) is 18.2 Å². The van der Waals surface area contributed by atoms with Crippen molar-refractivity contribution >= 4 is 33.2 Å². The molecular formula is C19H25N3O4S2. The molecule has 9 heteroatoms. The van der Waals surface area contributed by atoms with Gasteiger partial charge in [-0.05, 0) is 43.0 Å². The van der Waals surface area contributed by atoms with Crippen LogP contribution in [0.15, 0.2) is 46.7 Å². The zero-order chi connectivity index (χ0) is 20.7. The summed E-state index contributed by atoms with van der Waals surface area (Å²) in [5.41, 5.74) is 0.794. The molecule has 7 nitrogen and oxygen atoms in total. The van der Waals surface area contributed by atoms with Crippen molar-refractivity contribution in [3.05, 3.63) is 52.2 Å². The lowest BCUT2D eigenvalue weighted by molar-refractivity contribution is -0.121. The van der Waals surface area contributed by atoms with Gasteiger partial charge in [0.2, 0.25) is 15.9 Å². The summed E-state index contributed by atoms with van der Waals surface area (Å²) in [5.74, 6) is -0.381. The number of benzene rings is 1. The molecule has 0 radical (unpaired) electrons. The minimum atomic E-state index is -3.52. The third-order valence-corrected chi connectivity index (χ3v) is 7.12. The first-order valence-electron chi connectivity index (χ1n) is 8.87. The molecule has 0 aliphatic carbocycles. The predicted octanol–water partition coefficient (Wildman–Crippen LogP) is 2.21. The molecule has 2 aromatic rings. The van der Waals surface area contributed by atoms with E-state index in [1.165, 1.54) is 27.8 Å². The quantitative estimate of drug-likeness (QED) is 0.646. The highest BCUT2D eigenvalue weighted by Crippen LogP contribution is 2.17. The van der Waals surface area contributed by atoms with Gasteiger partial charge in [0.1, 0.15) is 0 Å². The lowest BCUT2D eigenvalue weighted by Crippen LogP contribution is -2.33. The van der Waals surface area contributed by atoms with Crippen molar-refractivity contribution in [2.24, 2.45) is 0 Å². The second-order valence-corrected chi connectivity index (χ2v) is 9.46. The second kappa shape index (κ2) is 9.81. The summed E-state index contributed by atoms with van der Waals surface area (Å²) in [4.78, 5) is 24.5. The van der Waals surface area contributed by atoms with Gasteiger partial charge in [0.25, 0.3) is 5.91 Å². The Labute approximate surface area is 169 Å². The largest absolute Gasteiger partial charge is 0.352 e. The van der Waals surface area contributed by atoms with Gasteiger partial charge in [0, 0.05) is 32.6 Å². The van der Waals surface area contributed by atoms with Gasteiger partial charge in [0.05, 0.1) is 9.77 Å². The maximum atomic E-state index is 12.4. The molecule has 1 heterocycles. The number of nitrogens with zero attached hydrogens (tertiary/aromatic N) is 1. The summed E-state index contributed by atoms with van der Waals surface area (Å²) in [6.45, 7) is 4.16. The lowest BCUT2D eigenvalue weighted by atomic mass is 10.2. The highest BCUT2D eigenvalue weighted by atomic mass is 32.2. The minimum Gasteiger partial charge on any atom is -0.352 e. The highest BCUT2D eigenvalue weighted by molar-refractivity contribution is 7.89. The number of carbonyl (C=O) groups excluding carboxylic acids is 2. The molecule has 2 rings (SSSR count). The van der Waals surface area contributed by atoms with Gasteiger partial charge >= 0.3 is 0 Å². The van der Waals surface area contributed by atoms with Crippen LogP contribution in [0.3, 0.4) is 0 Å². The number of thiophene rings is 1. The van der Waals surface area contributed by atoms with E-state index in [1.807, 2.05) is 19.2 Å². The smallest absolute Gasteiger partial charge is 0.261 e. The molecule has 152 valence electrons. The van der Waals surface area contributed by atoms with E-state index in [9.17, 15) is 18.0 Å². The van der Waals surface area contributed by atoms with Crippen LogP contribution in [0.25, 0.3) is 0 Å². The van der Waals surface area contributed by atoms with Gasteiger partial charge < -0.3 is 10.6 Å². The number of carbonyl (C=O) groups is 2. The average Bonchev–Trinajstić information content (AvgIpc) is 3.20. The third kappa shape index (κ3) is 5.88. The average molecular weight is 424 g/mol. The molecule has 0 spiro atoms. The number of hydrogen-bond acceptors (Lipinski definition) is 5. The van der Waals surface area contributed by atoms with E-state index >= 15 is 0 Å². The highest BCUT2D eigenvalue weighted by Gasteiger charge is 2.22. The molecule has 2 N–H and O–H groups in total. The van der Waals surface area contributed by atoms with Crippen molar-refractivity contribution in [3.8, 4) is 0 Å². The first-order valence-corrected chi connectivity index (χ1v) is 11.2. The predicted molar refractivity (Wildman–Crippen MR) is 110 cm³/mol. The van der Waals surface area contributed by atoms with E-state index in [2.05, 4.69) is 10.6 Å². The fraction of sp³-hybridized carbons (Fsp3) is 0.368. The number of hydrogen-bond donors (Lipinski definition) is 2. The minimum absolute atomic E-state index is 0.135. The molecule has 0 saturated carbocycles. The molecular weight excluding hydrogens is 398 g/mol. The maximum absolute atomic E-state index is 12.4. The molecule has 28 heavy (non-hydrogen) atoms. The number of amides is 2. The molecule has 0 atom stereocenters. The van der Waals surface area contributed by atoms with Crippen molar-refractivity contribution in [1.82, 2.24) is 14.9 Å². The van der Waals surface area contributed by atoms with Crippen LogP contribution < -0.4 is 10.6 Å². The summed E-state index contributed by atoms with van der Waals surface area (Å²) >= 11 is 1.34. The zero-order valence-corrected chi connectivity index (χ0v) is 17.8. The Balaban J connectivity index is 1.79. The van der Waals surface area contributed by atoms with Crippen LogP contribution in [-0.2, 0) is 21.4 Å². The Kier molecular flexibility index (Phi) is 7.73. The van der Waals surface area contributed by atoms with Crippen molar-refractivity contribution in [1.29, 1.82) is 0 Å². The Bertz CT molecular complexity index is 892. The van der Waals surface area contributed by atoms with Crippen LogP contribution in [-0.4, -0.2) is 44.2 Å². The first kappa shape index (κ1) is 22.1. The summed E-state index contributed by atoms with van der Waals surface area (Å²) in [5, 5.41) is 7.27. The summed E-state index contributed by atoms with van der Waals surface area (Å²) in [7, 11) is -1.97. The van der Waals surface area contributed by atoms with E-state index in [1.54, 1.807) is 31.3 Å². The fourth-order valence-electron chi connectivity index (χ4n) is 2.30. The van der Waals surface area contributed by atoms with E-state index in [0.29, 0.717) is 4.88 Å². The van der Waals surface area contributed by atoms with Gasteiger partial charge in [-0.25, -0.2) is 8.42 Å². The molecule has 0 unspecified atom stereocenters. The number of nitrogens with one attached hydrogen (secondary N) is 2. The van der Waals surface area contributed by atoms with Crippen molar-refractivity contribution in [2.45, 2.75) is 37.8 Å². The van der Waals surface area contributed by atoms with Crippen LogP contribution >= 0.6 is 11.3 Å². The molecule has 0 saturated heterocycles. The van der Waals surface area contributed by atoms with Gasteiger partial charge in [-0.15, -0.1) is 11.3 Å². The Morgan fingerprint density at radius 2 is 1.79 bits per heavy atom. The van der Waals surface area contributed by atoms with Crippen molar-refractivity contribution in [3.63, 3.8) is 0 Å². The molecule has 2 amide bonds. The molecule has 1 aromatic heterocycles. The maximum Gasteiger partial charge on any atom is 0.261 e. The Morgan fingerprint density at radius 3 is 2.36 bits per heavy atom. The number of rotatable bonds is 9. The Morgan fingerprint density at radius 1 is 1.11 bits per heavy atom. The van der Waals surface area contributed by atoms with E-state index in [0.717, 1.165) is 5.56 Å². The normalized spacial score (nSPS) is 11.6. The summed E-state index contributed by atoms with van der Waals surface area (Å²) in [6, 6.07) is 9.82. The Hall–Kier alpha value is -2.23. The molecule has 0 bridgehead atoms. The van der Waals surface area contributed by atoms with Crippen LogP contribution in [0.2, 0.25) is 0 Å². The summed E-state index contributed by atoms with van der Waals surface area (Å²) < 4.78 is 26.2. The molecule has 0 fully saturated rings.